The quantitative estimate of drug-likeness (QED) is 0.466. The topological polar surface area (TPSA) is 86.8 Å². The van der Waals surface area contributed by atoms with E-state index < -0.39 is 28.5 Å². The van der Waals surface area contributed by atoms with Crippen LogP contribution in [0, 0.1) is 6.92 Å². The lowest BCUT2D eigenvalue weighted by Gasteiger charge is -2.33. The van der Waals surface area contributed by atoms with Crippen molar-refractivity contribution in [3.63, 3.8) is 0 Å². The van der Waals surface area contributed by atoms with Crippen LogP contribution < -0.4 is 9.62 Å². The molecule has 0 aliphatic rings. The maximum absolute atomic E-state index is 13.8. The lowest BCUT2D eigenvalue weighted by molar-refractivity contribution is -0.140. The van der Waals surface area contributed by atoms with E-state index in [0.717, 1.165) is 9.87 Å². The molecule has 35 heavy (non-hydrogen) atoms. The smallest absolute Gasteiger partial charge is 0.264 e. The molecule has 8 heteroatoms. The van der Waals surface area contributed by atoms with E-state index in [9.17, 15) is 18.0 Å². The predicted molar refractivity (Wildman–Crippen MR) is 137 cm³/mol. The number of hydrogen-bond donors (Lipinski definition) is 1. The van der Waals surface area contributed by atoms with Crippen LogP contribution >= 0.6 is 0 Å². The molecule has 0 aromatic heterocycles. The van der Waals surface area contributed by atoms with Gasteiger partial charge in [0.1, 0.15) is 12.6 Å². The molecule has 2 amide bonds. The molecule has 0 radical (unpaired) electrons. The van der Waals surface area contributed by atoms with Gasteiger partial charge in [-0.05, 0) is 42.7 Å². The van der Waals surface area contributed by atoms with Crippen LogP contribution in [0.15, 0.2) is 89.8 Å². The van der Waals surface area contributed by atoms with Gasteiger partial charge in [0.2, 0.25) is 11.8 Å². The van der Waals surface area contributed by atoms with Gasteiger partial charge in [-0.2, -0.15) is 0 Å². The number of rotatable bonds is 10. The maximum Gasteiger partial charge on any atom is 0.264 e. The maximum atomic E-state index is 13.8. The van der Waals surface area contributed by atoms with E-state index >= 15 is 0 Å². The molecular weight excluding hydrogens is 462 g/mol. The summed E-state index contributed by atoms with van der Waals surface area (Å²) in [7, 11) is -2.53. The van der Waals surface area contributed by atoms with Gasteiger partial charge in [-0.25, -0.2) is 8.42 Å². The van der Waals surface area contributed by atoms with Crippen molar-refractivity contribution in [2.24, 2.45) is 0 Å². The van der Waals surface area contributed by atoms with Crippen LogP contribution in [0.25, 0.3) is 0 Å². The number of benzene rings is 3. The van der Waals surface area contributed by atoms with Gasteiger partial charge in [0, 0.05) is 13.6 Å². The minimum absolute atomic E-state index is 0.0870. The van der Waals surface area contributed by atoms with Crippen LogP contribution in [0.4, 0.5) is 5.69 Å². The Morgan fingerprint density at radius 1 is 0.886 bits per heavy atom. The molecule has 0 aliphatic carbocycles. The Morgan fingerprint density at radius 3 is 2.03 bits per heavy atom. The number of hydrogen-bond acceptors (Lipinski definition) is 4. The van der Waals surface area contributed by atoms with Gasteiger partial charge >= 0.3 is 0 Å². The summed E-state index contributed by atoms with van der Waals surface area (Å²) in [6.07, 6.45) is 0.383. The Morgan fingerprint density at radius 2 is 1.46 bits per heavy atom. The molecule has 0 fully saturated rings. The molecule has 7 nitrogen and oxygen atoms in total. The number of sulfonamides is 1. The Hall–Kier alpha value is -3.65. The van der Waals surface area contributed by atoms with Crippen molar-refractivity contribution in [1.29, 1.82) is 0 Å². The van der Waals surface area contributed by atoms with Crippen LogP contribution in [-0.4, -0.2) is 44.8 Å². The highest BCUT2D eigenvalue weighted by Gasteiger charge is 2.33. The zero-order valence-corrected chi connectivity index (χ0v) is 21.0. The summed E-state index contributed by atoms with van der Waals surface area (Å²) in [5, 5.41) is 2.62. The Bertz CT molecular complexity index is 1250. The fourth-order valence-electron chi connectivity index (χ4n) is 3.94. The second-order valence-corrected chi connectivity index (χ2v) is 10.0. The molecule has 0 saturated carbocycles. The minimum atomic E-state index is -4.05. The average molecular weight is 494 g/mol. The van der Waals surface area contributed by atoms with Gasteiger partial charge in [-0.1, -0.05) is 73.7 Å². The number of aryl methyl sites for hydroxylation is 1. The number of amides is 2. The molecule has 0 spiro atoms. The largest absolute Gasteiger partial charge is 0.357 e. The number of nitrogens with one attached hydrogen (secondary N) is 1. The average Bonchev–Trinajstić information content (AvgIpc) is 2.88. The Labute approximate surface area is 207 Å². The summed E-state index contributed by atoms with van der Waals surface area (Å²) in [5.74, 6) is -0.766. The number of para-hydroxylation sites is 1. The minimum Gasteiger partial charge on any atom is -0.357 e. The van der Waals surface area contributed by atoms with Gasteiger partial charge in [-0.15, -0.1) is 0 Å². The third-order valence-electron chi connectivity index (χ3n) is 5.82. The summed E-state index contributed by atoms with van der Waals surface area (Å²) in [6.45, 7) is 3.36. The van der Waals surface area contributed by atoms with Crippen molar-refractivity contribution in [2.75, 3.05) is 17.9 Å². The SMILES string of the molecule is CCC(C(=O)NC)N(Cc1ccccc1)C(=O)CN(c1ccccc1C)S(=O)(=O)c1ccccc1. The van der Waals surface area contributed by atoms with Crippen LogP contribution in [-0.2, 0) is 26.2 Å². The number of carbonyl (C=O) groups is 2. The standard InChI is InChI=1S/C27H31N3O4S/c1-4-24(27(32)28-3)29(19-22-14-7-5-8-15-22)26(31)20-30(25-18-12-11-13-21(25)2)35(33,34)23-16-9-6-10-17-23/h5-18,24H,4,19-20H2,1-3H3,(H,28,32). The highest BCUT2D eigenvalue weighted by atomic mass is 32.2. The van der Waals surface area contributed by atoms with Gasteiger partial charge in [0.25, 0.3) is 10.0 Å². The van der Waals surface area contributed by atoms with Crippen molar-refractivity contribution in [1.82, 2.24) is 10.2 Å². The normalized spacial score (nSPS) is 12.0. The molecule has 0 aliphatic heterocycles. The summed E-state index contributed by atoms with van der Waals surface area (Å²) in [4.78, 5) is 28.0. The van der Waals surface area contributed by atoms with Crippen LogP contribution in [0.1, 0.15) is 24.5 Å². The van der Waals surface area contributed by atoms with Crippen molar-refractivity contribution < 1.29 is 18.0 Å². The molecule has 184 valence electrons. The number of likely N-dealkylation sites (N-methyl/N-ethyl adjacent to an activating group) is 1. The molecule has 0 bridgehead atoms. The molecule has 3 aromatic carbocycles. The first-order valence-corrected chi connectivity index (χ1v) is 12.9. The molecule has 1 atom stereocenters. The fourth-order valence-corrected chi connectivity index (χ4v) is 5.44. The summed E-state index contributed by atoms with van der Waals surface area (Å²) >= 11 is 0. The second-order valence-electron chi connectivity index (χ2n) is 8.16. The van der Waals surface area contributed by atoms with Gasteiger partial charge < -0.3 is 10.2 Å². The van der Waals surface area contributed by atoms with Crippen molar-refractivity contribution in [2.45, 2.75) is 37.8 Å². The van der Waals surface area contributed by atoms with E-state index in [0.29, 0.717) is 17.7 Å². The summed E-state index contributed by atoms with van der Waals surface area (Å²) in [6, 6.07) is 23.7. The zero-order chi connectivity index (χ0) is 25.4. The number of carbonyl (C=O) groups excluding carboxylic acids is 2. The Kier molecular flexibility index (Phi) is 8.65. The van der Waals surface area contributed by atoms with Gasteiger partial charge in [0.15, 0.2) is 0 Å². The van der Waals surface area contributed by atoms with E-state index in [4.69, 9.17) is 0 Å². The van der Waals surface area contributed by atoms with Crippen molar-refractivity contribution >= 4 is 27.5 Å². The fraction of sp³-hybridized carbons (Fsp3) is 0.259. The Balaban J connectivity index is 2.05. The third kappa shape index (κ3) is 6.08. The van der Waals surface area contributed by atoms with E-state index in [2.05, 4.69) is 5.32 Å². The molecule has 0 heterocycles. The molecule has 1 unspecified atom stereocenters. The van der Waals surface area contributed by atoms with E-state index in [1.54, 1.807) is 43.3 Å². The lowest BCUT2D eigenvalue weighted by atomic mass is 10.1. The second kappa shape index (κ2) is 11.7. The van der Waals surface area contributed by atoms with Crippen LogP contribution in [0.5, 0.6) is 0 Å². The zero-order valence-electron chi connectivity index (χ0n) is 20.2. The van der Waals surface area contributed by atoms with Crippen molar-refractivity contribution in [3.8, 4) is 0 Å². The van der Waals surface area contributed by atoms with Gasteiger partial charge in [0.05, 0.1) is 10.6 Å². The van der Waals surface area contributed by atoms with E-state index in [1.807, 2.05) is 43.3 Å². The summed E-state index contributed by atoms with van der Waals surface area (Å²) in [5.41, 5.74) is 1.97. The van der Waals surface area contributed by atoms with E-state index in [1.165, 1.54) is 24.1 Å². The van der Waals surface area contributed by atoms with Gasteiger partial charge in [-0.3, -0.25) is 13.9 Å². The first-order valence-electron chi connectivity index (χ1n) is 11.5. The highest BCUT2D eigenvalue weighted by molar-refractivity contribution is 7.92. The molecule has 3 aromatic rings. The highest BCUT2D eigenvalue weighted by Crippen LogP contribution is 2.27. The first kappa shape index (κ1) is 26.0. The lowest BCUT2D eigenvalue weighted by Crippen LogP contribution is -2.51. The van der Waals surface area contributed by atoms with E-state index in [-0.39, 0.29) is 17.3 Å². The van der Waals surface area contributed by atoms with Crippen LogP contribution in [0.3, 0.4) is 0 Å². The molecular formula is C27H31N3O4S. The van der Waals surface area contributed by atoms with Crippen LogP contribution in [0.2, 0.25) is 0 Å². The molecule has 3 rings (SSSR count). The number of nitrogens with zero attached hydrogens (tertiary/aromatic N) is 2. The molecule has 1 N–H and O–H groups in total. The summed E-state index contributed by atoms with van der Waals surface area (Å²) < 4.78 is 28.5. The molecule has 0 saturated heterocycles. The van der Waals surface area contributed by atoms with Crippen molar-refractivity contribution in [3.05, 3.63) is 96.1 Å². The third-order valence-corrected chi connectivity index (χ3v) is 7.60. The monoisotopic (exact) mass is 493 g/mol. The first-order chi connectivity index (χ1) is 16.8. The predicted octanol–water partition coefficient (Wildman–Crippen LogP) is 3.74. The number of anilines is 1.